The predicted octanol–water partition coefficient (Wildman–Crippen LogP) is 4.58. The first-order chi connectivity index (χ1) is 11.2. The van der Waals surface area contributed by atoms with E-state index in [0.29, 0.717) is 17.9 Å². The minimum absolute atomic E-state index is 0.162. The second-order valence-corrected chi connectivity index (χ2v) is 6.72. The number of nitrogens with zero attached hydrogens (tertiary/aromatic N) is 1. The lowest BCUT2D eigenvalue weighted by Crippen LogP contribution is -2.12. The van der Waals surface area contributed by atoms with Gasteiger partial charge in [0, 0.05) is 20.2 Å². The van der Waals surface area contributed by atoms with Crippen LogP contribution in [0.5, 0.6) is 5.75 Å². The van der Waals surface area contributed by atoms with Crippen LogP contribution in [0.25, 0.3) is 0 Å². The van der Waals surface area contributed by atoms with Gasteiger partial charge in [-0.1, -0.05) is 6.07 Å². The molecule has 1 heterocycles. The number of nitrogens with one attached hydrogen (secondary N) is 1. The molecule has 0 aliphatic heterocycles. The quantitative estimate of drug-likeness (QED) is 0.596. The summed E-state index contributed by atoms with van der Waals surface area (Å²) in [6, 6.07) is 14.8. The van der Waals surface area contributed by atoms with Crippen molar-refractivity contribution in [2.45, 2.75) is 6.61 Å². The Hall–Kier alpha value is -1.93. The number of benzene rings is 2. The fourth-order valence-electron chi connectivity index (χ4n) is 1.93. The average molecular weight is 436 g/mol. The lowest BCUT2D eigenvalue weighted by Gasteiger charge is -2.08. The molecule has 0 saturated carbocycles. The minimum Gasteiger partial charge on any atom is -0.487 e. The second-order valence-electron chi connectivity index (χ2n) is 4.76. The molecule has 0 saturated heterocycles. The topological polar surface area (TPSA) is 51.2 Å². The molecule has 116 valence electrons. The first-order valence-electron chi connectivity index (χ1n) is 6.87. The van der Waals surface area contributed by atoms with E-state index in [0.717, 1.165) is 15.0 Å². The van der Waals surface area contributed by atoms with Crippen molar-refractivity contribution < 1.29 is 9.53 Å². The van der Waals surface area contributed by atoms with E-state index in [4.69, 9.17) is 4.74 Å². The highest BCUT2D eigenvalue weighted by atomic mass is 127. The van der Waals surface area contributed by atoms with Crippen molar-refractivity contribution in [1.29, 1.82) is 0 Å². The van der Waals surface area contributed by atoms with Gasteiger partial charge in [0.25, 0.3) is 5.91 Å². The maximum absolute atomic E-state index is 12.3. The van der Waals surface area contributed by atoms with Crippen LogP contribution in [0.2, 0.25) is 0 Å². The molecular formula is C17H13IN2O2S. The Morgan fingerprint density at radius 1 is 1.22 bits per heavy atom. The number of halogens is 1. The summed E-state index contributed by atoms with van der Waals surface area (Å²) in [5.41, 5.74) is 3.97. The first-order valence-corrected chi connectivity index (χ1v) is 8.90. The van der Waals surface area contributed by atoms with Gasteiger partial charge in [0.15, 0.2) is 0 Å². The van der Waals surface area contributed by atoms with Crippen LogP contribution >= 0.6 is 33.9 Å². The van der Waals surface area contributed by atoms with E-state index in [-0.39, 0.29) is 5.91 Å². The van der Waals surface area contributed by atoms with E-state index in [1.165, 1.54) is 11.3 Å². The number of rotatable bonds is 5. The number of carbonyl (C=O) groups excluding carboxylic acids is 1. The van der Waals surface area contributed by atoms with Gasteiger partial charge in [-0.25, -0.2) is 4.98 Å². The molecule has 0 fully saturated rings. The summed E-state index contributed by atoms with van der Waals surface area (Å²) in [5.74, 6) is 0.485. The van der Waals surface area contributed by atoms with Gasteiger partial charge < -0.3 is 10.1 Å². The van der Waals surface area contributed by atoms with Crippen molar-refractivity contribution in [2.75, 3.05) is 5.32 Å². The first kappa shape index (κ1) is 15.9. The normalized spacial score (nSPS) is 10.3. The van der Waals surface area contributed by atoms with Crippen LogP contribution in [0.4, 0.5) is 5.69 Å². The molecular weight excluding hydrogens is 423 g/mol. The third-order valence-electron chi connectivity index (χ3n) is 3.07. The van der Waals surface area contributed by atoms with E-state index in [9.17, 15) is 4.79 Å². The van der Waals surface area contributed by atoms with Crippen LogP contribution in [0, 0.1) is 3.57 Å². The number of hydrogen-bond acceptors (Lipinski definition) is 4. The fraction of sp³-hybridized carbons (Fsp3) is 0.0588. The molecule has 0 spiro atoms. The Kier molecular flexibility index (Phi) is 5.24. The Morgan fingerprint density at radius 3 is 2.78 bits per heavy atom. The van der Waals surface area contributed by atoms with Crippen LogP contribution in [0.1, 0.15) is 16.1 Å². The molecule has 3 rings (SSSR count). The Balaban J connectivity index is 1.66. The van der Waals surface area contributed by atoms with Crippen LogP contribution in [0.3, 0.4) is 0 Å². The van der Waals surface area contributed by atoms with Gasteiger partial charge in [-0.15, -0.1) is 11.3 Å². The number of anilines is 1. The Labute approximate surface area is 151 Å². The van der Waals surface area contributed by atoms with Crippen molar-refractivity contribution >= 4 is 45.5 Å². The van der Waals surface area contributed by atoms with Crippen molar-refractivity contribution in [3.05, 3.63) is 74.2 Å². The lowest BCUT2D eigenvalue weighted by atomic mass is 10.2. The number of ether oxygens (including phenoxy) is 1. The number of hydrogen-bond donors (Lipinski definition) is 1. The molecule has 4 nitrogen and oxygen atoms in total. The van der Waals surface area contributed by atoms with Gasteiger partial charge in [0.05, 0.1) is 11.2 Å². The SMILES string of the molecule is O=C(Nc1ccc(I)cc1)c1cccc(OCc2cscn2)c1. The van der Waals surface area contributed by atoms with E-state index in [1.807, 2.05) is 35.7 Å². The van der Waals surface area contributed by atoms with E-state index in [2.05, 4.69) is 32.9 Å². The van der Waals surface area contributed by atoms with Crippen molar-refractivity contribution in [3.8, 4) is 5.75 Å². The molecule has 0 aliphatic rings. The maximum atomic E-state index is 12.3. The van der Waals surface area contributed by atoms with Crippen molar-refractivity contribution in [2.24, 2.45) is 0 Å². The number of aromatic nitrogens is 1. The third-order valence-corrected chi connectivity index (χ3v) is 4.42. The zero-order valence-corrected chi connectivity index (χ0v) is 15.0. The second kappa shape index (κ2) is 7.56. The summed E-state index contributed by atoms with van der Waals surface area (Å²) in [6.07, 6.45) is 0. The summed E-state index contributed by atoms with van der Waals surface area (Å²) in [5, 5.41) is 4.81. The van der Waals surface area contributed by atoms with Crippen LogP contribution < -0.4 is 10.1 Å². The van der Waals surface area contributed by atoms with E-state index in [1.54, 1.807) is 23.7 Å². The van der Waals surface area contributed by atoms with Gasteiger partial charge >= 0.3 is 0 Å². The molecule has 0 unspecified atom stereocenters. The monoisotopic (exact) mass is 436 g/mol. The Morgan fingerprint density at radius 2 is 2.04 bits per heavy atom. The minimum atomic E-state index is -0.162. The molecule has 3 aromatic rings. The largest absolute Gasteiger partial charge is 0.487 e. The summed E-state index contributed by atoms with van der Waals surface area (Å²) in [6.45, 7) is 0.395. The zero-order valence-electron chi connectivity index (χ0n) is 12.0. The van der Waals surface area contributed by atoms with Crippen molar-refractivity contribution in [1.82, 2.24) is 4.98 Å². The summed E-state index contributed by atoms with van der Waals surface area (Å²) >= 11 is 3.76. The zero-order chi connectivity index (χ0) is 16.1. The number of thiazole rings is 1. The highest BCUT2D eigenvalue weighted by Gasteiger charge is 2.08. The Bertz CT molecular complexity index is 789. The van der Waals surface area contributed by atoms with E-state index >= 15 is 0 Å². The predicted molar refractivity (Wildman–Crippen MR) is 100 cm³/mol. The summed E-state index contributed by atoms with van der Waals surface area (Å²) in [4.78, 5) is 16.5. The maximum Gasteiger partial charge on any atom is 0.255 e. The van der Waals surface area contributed by atoms with Gasteiger partial charge in [-0.3, -0.25) is 4.79 Å². The van der Waals surface area contributed by atoms with Gasteiger partial charge in [0.2, 0.25) is 0 Å². The molecule has 0 radical (unpaired) electrons. The lowest BCUT2D eigenvalue weighted by molar-refractivity contribution is 0.102. The molecule has 0 aliphatic carbocycles. The van der Waals surface area contributed by atoms with Gasteiger partial charge in [0.1, 0.15) is 12.4 Å². The number of carbonyl (C=O) groups is 1. The smallest absolute Gasteiger partial charge is 0.255 e. The number of amides is 1. The molecule has 0 atom stereocenters. The van der Waals surface area contributed by atoms with Gasteiger partial charge in [-0.2, -0.15) is 0 Å². The summed E-state index contributed by atoms with van der Waals surface area (Å²) < 4.78 is 6.79. The molecule has 6 heteroatoms. The van der Waals surface area contributed by atoms with Crippen molar-refractivity contribution in [3.63, 3.8) is 0 Å². The van der Waals surface area contributed by atoms with Crippen LogP contribution in [0.15, 0.2) is 59.4 Å². The molecule has 2 aromatic carbocycles. The highest BCUT2D eigenvalue weighted by Crippen LogP contribution is 2.17. The van der Waals surface area contributed by atoms with Crippen LogP contribution in [-0.2, 0) is 6.61 Å². The molecule has 1 amide bonds. The summed E-state index contributed by atoms with van der Waals surface area (Å²) in [7, 11) is 0. The standard InChI is InChI=1S/C17H13IN2O2S/c18-13-4-6-14(7-5-13)20-17(21)12-2-1-3-16(8-12)22-9-15-10-23-11-19-15/h1-8,10-11H,9H2,(H,20,21). The molecule has 1 N–H and O–H groups in total. The van der Waals surface area contributed by atoms with Crippen LogP contribution in [-0.4, -0.2) is 10.9 Å². The molecule has 1 aromatic heterocycles. The third kappa shape index (κ3) is 4.52. The molecule has 0 bridgehead atoms. The average Bonchev–Trinajstić information content (AvgIpc) is 3.09. The molecule has 23 heavy (non-hydrogen) atoms. The van der Waals surface area contributed by atoms with Gasteiger partial charge in [-0.05, 0) is 65.1 Å². The van der Waals surface area contributed by atoms with E-state index < -0.39 is 0 Å². The highest BCUT2D eigenvalue weighted by molar-refractivity contribution is 14.1. The fourth-order valence-corrected chi connectivity index (χ4v) is 2.83.